The van der Waals surface area contributed by atoms with Crippen molar-refractivity contribution in [2.45, 2.75) is 30.4 Å². The molecular formula is C16H9N5O8. The monoisotopic (exact) mass is 399 g/mol. The highest BCUT2D eigenvalue weighted by molar-refractivity contribution is 5.84. The third kappa shape index (κ3) is 7.56. The van der Waals surface area contributed by atoms with Gasteiger partial charge in [0, 0.05) is 19.9 Å². The van der Waals surface area contributed by atoms with Gasteiger partial charge in [-0.25, -0.2) is 35.7 Å². The molecule has 2 amide bonds. The molecule has 1 aliphatic rings. The molecule has 0 N–H and O–H groups in total. The number of hydrogen-bond acceptors (Lipinski definition) is 6. The summed E-state index contributed by atoms with van der Waals surface area (Å²) in [6.07, 6.45) is -4.15. The van der Waals surface area contributed by atoms with E-state index >= 15 is 0 Å². The molecule has 1 rings (SSSR count). The lowest BCUT2D eigenvalue weighted by molar-refractivity contribution is -0.155. The van der Waals surface area contributed by atoms with Crippen LogP contribution in [0.5, 0.6) is 0 Å². The van der Waals surface area contributed by atoms with Crippen LogP contribution in [-0.4, -0.2) is 54.1 Å². The topological polar surface area (TPSA) is 215 Å². The summed E-state index contributed by atoms with van der Waals surface area (Å²) in [4.78, 5) is 36.4. The van der Waals surface area contributed by atoms with Crippen molar-refractivity contribution in [2.24, 2.45) is 4.99 Å². The Morgan fingerprint density at radius 1 is 1.24 bits per heavy atom. The standard InChI is InChI=1S/C16H9N5O8/c1-7(23)19-3-4-28-13(10(25)6-22)14-12(20-8(2)24)9(21-16(17)18)5-11(29-14)15(26)27/h9-10,12-14H,1-2H2/t9-,10+,12+,13+,14+/m0/s1. The molecule has 0 spiro atoms. The number of aliphatic imine (C=N–C) groups is 1. The van der Waals surface area contributed by atoms with Crippen molar-refractivity contribution in [3.63, 3.8) is 0 Å². The number of hydrogen-bond donors (Lipinski definition) is 0. The van der Waals surface area contributed by atoms with Crippen molar-refractivity contribution in [1.82, 2.24) is 22.1 Å². The Kier molecular flexibility index (Phi) is 9.31. The number of guanidine groups is 1. The third-order valence-electron chi connectivity index (χ3n) is 3.09. The molecule has 1 heterocycles. The Hall–Kier alpha value is -2.90. The van der Waals surface area contributed by atoms with E-state index < -0.39 is 59.9 Å². The van der Waals surface area contributed by atoms with Gasteiger partial charge in [0.25, 0.3) is 5.96 Å². The van der Waals surface area contributed by atoms with E-state index in [2.05, 4.69) is 35.5 Å². The molecular weight excluding hydrogens is 390 g/mol. The molecule has 1 aliphatic heterocycles. The lowest BCUT2D eigenvalue weighted by atomic mass is 9.92. The third-order valence-corrected chi connectivity index (χ3v) is 3.09. The van der Waals surface area contributed by atoms with Gasteiger partial charge >= 0.3 is 5.97 Å². The Labute approximate surface area is 166 Å². The van der Waals surface area contributed by atoms with E-state index in [-0.39, 0.29) is 0 Å². The molecule has 0 aromatic heterocycles. The highest BCUT2D eigenvalue weighted by atomic mass is 16.6. The fourth-order valence-electron chi connectivity index (χ4n) is 2.10. The molecule has 0 aromatic rings. The van der Waals surface area contributed by atoms with Gasteiger partial charge in [0.05, 0.1) is 0 Å². The SMILES string of the molecule is [CH2]C(=O)[N][C][C]O[C@@H]([C@@H]1OC(C([O])=O)=[C][C@H](N=C([N])[N])[C@H]1[N]C([CH2])=O)[C@H]([O])[C][O]. The molecule has 0 bridgehead atoms. The second-order valence-electron chi connectivity index (χ2n) is 5.07. The van der Waals surface area contributed by atoms with Crippen molar-refractivity contribution in [3.8, 4) is 0 Å². The molecule has 0 unspecified atom stereocenters. The first-order valence-corrected chi connectivity index (χ1v) is 7.36. The van der Waals surface area contributed by atoms with E-state index in [0.717, 1.165) is 6.61 Å². The van der Waals surface area contributed by atoms with Crippen LogP contribution in [0.25, 0.3) is 0 Å². The maximum absolute atomic E-state index is 12.0. The number of carbonyl (C=O) groups excluding carboxylic acids is 3. The first-order chi connectivity index (χ1) is 13.6. The van der Waals surface area contributed by atoms with Crippen molar-refractivity contribution in [1.29, 1.82) is 0 Å². The van der Waals surface area contributed by atoms with Crippen LogP contribution in [0, 0.1) is 39.7 Å². The zero-order valence-corrected chi connectivity index (χ0v) is 14.3. The molecule has 29 heavy (non-hydrogen) atoms. The molecule has 0 aromatic carbocycles. The smallest absolute Gasteiger partial charge is 0.420 e. The number of nitrogens with zero attached hydrogens (tertiary/aromatic N) is 5. The predicted molar refractivity (Wildman–Crippen MR) is 81.4 cm³/mol. The van der Waals surface area contributed by atoms with Gasteiger partial charge in [0.15, 0.2) is 25.4 Å². The summed E-state index contributed by atoms with van der Waals surface area (Å²) in [6.45, 7) is 10.5. The largest absolute Gasteiger partial charge is 0.478 e. The quantitative estimate of drug-likeness (QED) is 0.211. The van der Waals surface area contributed by atoms with Crippen LogP contribution in [0.3, 0.4) is 0 Å². The van der Waals surface area contributed by atoms with E-state index in [1.54, 1.807) is 6.61 Å². The highest BCUT2D eigenvalue weighted by Gasteiger charge is 2.47. The molecule has 0 saturated heterocycles. The molecule has 0 fully saturated rings. The highest BCUT2D eigenvalue weighted by Crippen LogP contribution is 2.27. The molecule has 13 heteroatoms. The Morgan fingerprint density at radius 2 is 1.90 bits per heavy atom. The predicted octanol–water partition coefficient (Wildman–Crippen LogP) is -3.08. The van der Waals surface area contributed by atoms with E-state index in [9.17, 15) is 29.7 Å². The van der Waals surface area contributed by atoms with Crippen LogP contribution in [0.15, 0.2) is 10.8 Å². The Morgan fingerprint density at radius 3 is 2.38 bits per heavy atom. The summed E-state index contributed by atoms with van der Waals surface area (Å²) >= 11 is 0. The summed E-state index contributed by atoms with van der Waals surface area (Å²) in [5, 5.41) is 40.5. The fraction of sp³-hybridized carbons (Fsp3) is 0.312. The van der Waals surface area contributed by atoms with Gasteiger partial charge < -0.3 is 9.47 Å². The maximum Gasteiger partial charge on any atom is 0.420 e. The van der Waals surface area contributed by atoms with Gasteiger partial charge in [0.1, 0.15) is 18.2 Å². The zero-order valence-electron chi connectivity index (χ0n) is 14.3. The number of rotatable bonds is 10. The first-order valence-electron chi connectivity index (χ1n) is 7.36. The molecule has 0 aliphatic carbocycles. The number of ether oxygens (including phenoxy) is 2. The van der Waals surface area contributed by atoms with Gasteiger partial charge in [-0.15, -0.1) is 11.5 Å². The maximum atomic E-state index is 12.0. The first kappa shape index (κ1) is 24.1. The minimum Gasteiger partial charge on any atom is -0.478 e. The molecule has 5 atom stereocenters. The van der Waals surface area contributed by atoms with Crippen LogP contribution in [-0.2, 0) is 39.2 Å². The lowest BCUT2D eigenvalue weighted by Crippen LogP contribution is -2.57. The minimum absolute atomic E-state index is 0.952. The van der Waals surface area contributed by atoms with E-state index in [1.165, 1.54) is 0 Å². The average Bonchev–Trinajstić information content (AvgIpc) is 2.61. The van der Waals surface area contributed by atoms with Crippen molar-refractivity contribution in [3.05, 3.63) is 45.4 Å². The van der Waals surface area contributed by atoms with E-state index in [4.69, 9.17) is 20.9 Å². The summed E-state index contributed by atoms with van der Waals surface area (Å²) in [5.74, 6) is -6.59. The normalized spacial score (nSPS) is 23.0. The van der Waals surface area contributed by atoms with Gasteiger partial charge in [-0.1, -0.05) is 0 Å². The van der Waals surface area contributed by atoms with E-state index in [1.807, 2.05) is 6.54 Å². The van der Waals surface area contributed by atoms with Gasteiger partial charge in [0.2, 0.25) is 24.2 Å². The molecule has 0 saturated carbocycles. The van der Waals surface area contributed by atoms with Gasteiger partial charge in [-0.05, 0) is 0 Å². The lowest BCUT2D eigenvalue weighted by Gasteiger charge is -2.37. The molecule has 18 radical (unpaired) electrons. The van der Waals surface area contributed by atoms with Crippen LogP contribution in [0.4, 0.5) is 0 Å². The van der Waals surface area contributed by atoms with Crippen LogP contribution in [0.1, 0.15) is 0 Å². The summed E-state index contributed by atoms with van der Waals surface area (Å²) < 4.78 is 9.82. The average molecular weight is 399 g/mol. The van der Waals surface area contributed by atoms with Crippen molar-refractivity contribution < 1.29 is 39.2 Å². The van der Waals surface area contributed by atoms with Crippen LogP contribution < -0.4 is 22.1 Å². The second kappa shape index (κ2) is 11.2. The Bertz CT molecular complexity index is 664. The second-order valence-corrected chi connectivity index (χ2v) is 5.07. The summed E-state index contributed by atoms with van der Waals surface area (Å²) in [6, 6.07) is -3.35. The van der Waals surface area contributed by atoms with Gasteiger partial charge in [-0.3, -0.25) is 9.59 Å². The van der Waals surface area contributed by atoms with E-state index in [0.29, 0.717) is 0 Å². The zero-order chi connectivity index (χ0) is 22.1. The summed E-state index contributed by atoms with van der Waals surface area (Å²) in [5.41, 5.74) is 17.9. The van der Waals surface area contributed by atoms with Crippen LogP contribution in [0.2, 0.25) is 0 Å². The molecule has 13 nitrogen and oxygen atoms in total. The van der Waals surface area contributed by atoms with Crippen LogP contribution >= 0.6 is 0 Å². The minimum atomic E-state index is -2.38. The number of amides is 2. The van der Waals surface area contributed by atoms with Gasteiger partial charge in [-0.2, -0.15) is 0 Å². The van der Waals surface area contributed by atoms with Crippen molar-refractivity contribution >= 4 is 23.7 Å². The van der Waals surface area contributed by atoms with Crippen molar-refractivity contribution in [2.75, 3.05) is 0 Å². The summed E-state index contributed by atoms with van der Waals surface area (Å²) in [7, 11) is 0. The fourth-order valence-corrected chi connectivity index (χ4v) is 2.10. The number of carbonyl (C=O) groups is 3. The molecule has 146 valence electrons. The Balaban J connectivity index is 3.26.